The largest absolute Gasteiger partial charge is 0.481 e. The van der Waals surface area contributed by atoms with Crippen molar-refractivity contribution in [3.05, 3.63) is 35.1 Å². The van der Waals surface area contributed by atoms with Crippen LogP contribution in [-0.2, 0) is 14.9 Å². The number of piperidine rings is 1. The molecule has 1 spiro atoms. The number of amides is 1. The average molecular weight is 474 g/mol. The minimum Gasteiger partial charge on any atom is -0.481 e. The van der Waals surface area contributed by atoms with Crippen LogP contribution in [0.3, 0.4) is 0 Å². The SMILES string of the molecule is O=C(O)CC1CC2(CCN(C(=O)OC3C4CC5(O)CC3CC(O)(C4)C5)CC2)c2c(F)cccc21. The molecule has 6 aliphatic rings. The molecule has 1 saturated heterocycles. The van der Waals surface area contributed by atoms with E-state index in [0.29, 0.717) is 70.0 Å². The normalized spacial score (nSPS) is 39.3. The van der Waals surface area contributed by atoms with Crippen LogP contribution in [0.5, 0.6) is 0 Å². The molecule has 8 heteroatoms. The number of aliphatic hydroxyl groups is 2. The molecule has 5 aliphatic carbocycles. The summed E-state index contributed by atoms with van der Waals surface area (Å²) < 4.78 is 20.9. The number of ether oxygens (including phenoxy) is 1. The Bertz CT molecular complexity index is 998. The molecule has 1 heterocycles. The molecular weight excluding hydrogens is 441 g/mol. The van der Waals surface area contributed by atoms with Crippen molar-refractivity contribution in [2.24, 2.45) is 11.8 Å². The van der Waals surface area contributed by atoms with Crippen LogP contribution in [-0.4, -0.2) is 62.7 Å². The number of halogens is 1. The average Bonchev–Trinajstić information content (AvgIpc) is 3.02. The maximum atomic E-state index is 14.9. The summed E-state index contributed by atoms with van der Waals surface area (Å²) in [6.07, 6.45) is 3.72. The molecule has 1 aromatic carbocycles. The number of hydrogen-bond donors (Lipinski definition) is 3. The van der Waals surface area contributed by atoms with E-state index in [2.05, 4.69) is 0 Å². The predicted octanol–water partition coefficient (Wildman–Crippen LogP) is 3.31. The second-order valence-corrected chi connectivity index (χ2v) is 11.8. The Morgan fingerprint density at radius 3 is 2.24 bits per heavy atom. The lowest BCUT2D eigenvalue weighted by molar-refractivity contribution is -0.235. The zero-order valence-corrected chi connectivity index (χ0v) is 19.2. The molecule has 1 aliphatic heterocycles. The Hall–Kier alpha value is -2.19. The van der Waals surface area contributed by atoms with Crippen LogP contribution in [0.2, 0.25) is 0 Å². The highest BCUT2D eigenvalue weighted by molar-refractivity contribution is 5.69. The summed E-state index contributed by atoms with van der Waals surface area (Å²) in [7, 11) is 0. The van der Waals surface area contributed by atoms with E-state index < -0.39 is 22.6 Å². The lowest BCUT2D eigenvalue weighted by Crippen LogP contribution is -2.64. The maximum absolute atomic E-state index is 14.9. The smallest absolute Gasteiger partial charge is 0.410 e. The number of carbonyl (C=O) groups is 2. The van der Waals surface area contributed by atoms with Gasteiger partial charge in [0.1, 0.15) is 11.9 Å². The van der Waals surface area contributed by atoms with Gasteiger partial charge in [-0.15, -0.1) is 0 Å². The third kappa shape index (κ3) is 3.44. The van der Waals surface area contributed by atoms with Gasteiger partial charge in [0.05, 0.1) is 17.6 Å². The molecule has 4 saturated carbocycles. The van der Waals surface area contributed by atoms with E-state index in [9.17, 15) is 29.3 Å². The van der Waals surface area contributed by atoms with E-state index in [1.54, 1.807) is 11.0 Å². The van der Waals surface area contributed by atoms with Gasteiger partial charge in [0.2, 0.25) is 0 Å². The van der Waals surface area contributed by atoms with Crippen molar-refractivity contribution in [1.29, 1.82) is 0 Å². The van der Waals surface area contributed by atoms with Gasteiger partial charge >= 0.3 is 12.1 Å². The summed E-state index contributed by atoms with van der Waals surface area (Å²) in [6.45, 7) is 0.866. The van der Waals surface area contributed by atoms with E-state index >= 15 is 0 Å². The minimum absolute atomic E-state index is 0.0207. The van der Waals surface area contributed by atoms with Crippen LogP contribution in [0.15, 0.2) is 18.2 Å². The number of carboxylic acid groups (broad SMARTS) is 1. The van der Waals surface area contributed by atoms with Crippen LogP contribution in [0, 0.1) is 17.7 Å². The van der Waals surface area contributed by atoms with E-state index in [0.717, 1.165) is 5.56 Å². The quantitative estimate of drug-likeness (QED) is 0.622. The van der Waals surface area contributed by atoms with Crippen molar-refractivity contribution in [2.75, 3.05) is 13.1 Å². The molecule has 7 nitrogen and oxygen atoms in total. The number of carbonyl (C=O) groups excluding carboxylic acids is 1. The summed E-state index contributed by atoms with van der Waals surface area (Å²) in [6, 6.07) is 4.93. The van der Waals surface area contributed by atoms with Gasteiger partial charge in [0.15, 0.2) is 0 Å². The van der Waals surface area contributed by atoms with Crippen LogP contribution in [0.4, 0.5) is 9.18 Å². The molecular formula is C26H32FNO6. The Kier molecular flexibility index (Phi) is 4.85. The number of likely N-dealkylation sites (tertiary alicyclic amines) is 1. The van der Waals surface area contributed by atoms with Crippen molar-refractivity contribution in [3.8, 4) is 0 Å². The summed E-state index contributed by atoms with van der Waals surface area (Å²) in [4.78, 5) is 26.2. The number of rotatable bonds is 3. The van der Waals surface area contributed by atoms with Gasteiger partial charge in [0.25, 0.3) is 0 Å². The highest BCUT2D eigenvalue weighted by Crippen LogP contribution is 2.58. The van der Waals surface area contributed by atoms with Crippen molar-refractivity contribution < 1.29 is 34.0 Å². The fourth-order valence-corrected chi connectivity index (χ4v) is 8.49. The summed E-state index contributed by atoms with van der Waals surface area (Å²) in [5.41, 5.74) is -0.701. The Labute approximate surface area is 197 Å². The fourth-order valence-electron chi connectivity index (χ4n) is 8.49. The van der Waals surface area contributed by atoms with Crippen LogP contribution >= 0.6 is 0 Å². The first-order valence-electron chi connectivity index (χ1n) is 12.5. The van der Waals surface area contributed by atoms with Gasteiger partial charge in [-0.2, -0.15) is 0 Å². The minimum atomic E-state index is -0.886. The van der Waals surface area contributed by atoms with Crippen LogP contribution in [0.25, 0.3) is 0 Å². The molecule has 1 aromatic rings. The molecule has 1 unspecified atom stereocenters. The summed E-state index contributed by atoms with van der Waals surface area (Å²) in [5, 5.41) is 30.9. The first-order chi connectivity index (χ1) is 16.1. The fraction of sp³-hybridized carbons (Fsp3) is 0.692. The van der Waals surface area contributed by atoms with Gasteiger partial charge in [-0.25, -0.2) is 9.18 Å². The molecule has 5 fully saturated rings. The van der Waals surface area contributed by atoms with Gasteiger partial charge in [-0.3, -0.25) is 4.79 Å². The molecule has 1 atom stereocenters. The van der Waals surface area contributed by atoms with Crippen molar-refractivity contribution in [1.82, 2.24) is 4.90 Å². The zero-order chi connectivity index (χ0) is 23.9. The van der Waals surface area contributed by atoms with Gasteiger partial charge in [-0.05, 0) is 68.1 Å². The first kappa shape index (κ1) is 22.3. The number of hydrogen-bond acceptors (Lipinski definition) is 5. The number of nitrogens with zero attached hydrogens (tertiary/aromatic N) is 1. The van der Waals surface area contributed by atoms with Crippen molar-refractivity contribution >= 4 is 12.1 Å². The summed E-state index contributed by atoms with van der Waals surface area (Å²) >= 11 is 0. The monoisotopic (exact) mass is 473 g/mol. The van der Waals surface area contributed by atoms with E-state index in [1.165, 1.54) is 6.07 Å². The highest BCUT2D eigenvalue weighted by Gasteiger charge is 2.62. The topological polar surface area (TPSA) is 107 Å². The second-order valence-electron chi connectivity index (χ2n) is 11.8. The van der Waals surface area contributed by atoms with E-state index in [4.69, 9.17) is 4.74 Å². The van der Waals surface area contributed by atoms with Crippen molar-refractivity contribution in [3.63, 3.8) is 0 Å². The third-order valence-corrected chi connectivity index (χ3v) is 9.45. The van der Waals surface area contributed by atoms with Gasteiger partial charge in [-0.1, -0.05) is 12.1 Å². The third-order valence-electron chi connectivity index (χ3n) is 9.45. The molecule has 3 N–H and O–H groups in total. The Morgan fingerprint density at radius 1 is 1.03 bits per heavy atom. The van der Waals surface area contributed by atoms with E-state index in [-0.39, 0.29) is 42.2 Å². The van der Waals surface area contributed by atoms with Gasteiger partial charge < -0.3 is 25.0 Å². The first-order valence-corrected chi connectivity index (χ1v) is 12.5. The molecule has 7 rings (SSSR count). The molecule has 0 radical (unpaired) electrons. The lowest BCUT2D eigenvalue weighted by atomic mass is 9.51. The highest BCUT2D eigenvalue weighted by atomic mass is 19.1. The Morgan fingerprint density at radius 2 is 1.65 bits per heavy atom. The van der Waals surface area contributed by atoms with Crippen LogP contribution in [0.1, 0.15) is 74.8 Å². The molecule has 184 valence electrons. The van der Waals surface area contributed by atoms with Crippen LogP contribution < -0.4 is 0 Å². The van der Waals surface area contributed by atoms with E-state index in [1.807, 2.05) is 6.07 Å². The second kappa shape index (κ2) is 7.40. The summed E-state index contributed by atoms with van der Waals surface area (Å²) in [5.74, 6) is -1.44. The molecule has 0 aromatic heterocycles. The van der Waals surface area contributed by atoms with Gasteiger partial charge in [0, 0.05) is 36.8 Å². The number of carboxylic acids is 1. The predicted molar refractivity (Wildman–Crippen MR) is 119 cm³/mol. The molecule has 1 amide bonds. The number of aliphatic carboxylic acids is 1. The lowest BCUT2D eigenvalue weighted by Gasteiger charge is -2.60. The molecule has 4 bridgehead atoms. The zero-order valence-electron chi connectivity index (χ0n) is 19.2. The standard InChI is InChI=1S/C26H32FNO6/c27-19-3-1-2-18-15(8-20(29)30)9-24(21(18)19)4-6-28(7-5-24)23(31)34-22-16-10-25(32)12-17(22)13-26(33,11-16)14-25/h1-3,15-17,22,32-33H,4-14H2,(H,29,30). The number of benzene rings is 1. The number of fused-ring (bicyclic) bond motifs is 2. The Balaban J connectivity index is 1.14. The molecule has 34 heavy (non-hydrogen) atoms. The van der Waals surface area contributed by atoms with Crippen molar-refractivity contribution in [2.45, 2.75) is 86.4 Å². The maximum Gasteiger partial charge on any atom is 0.410 e.